The van der Waals surface area contributed by atoms with Crippen molar-refractivity contribution in [3.05, 3.63) is 65.2 Å². The number of amides is 1. The Hall–Kier alpha value is -2.62. The molecule has 2 atom stereocenters. The van der Waals surface area contributed by atoms with Gasteiger partial charge in [0, 0.05) is 11.6 Å². The van der Waals surface area contributed by atoms with Crippen LogP contribution in [0.25, 0.3) is 0 Å². The van der Waals surface area contributed by atoms with E-state index in [0.29, 0.717) is 12.1 Å². The molecule has 1 amide bonds. The molecular weight excluding hydrogens is 326 g/mol. The van der Waals surface area contributed by atoms with Crippen molar-refractivity contribution in [2.45, 2.75) is 38.1 Å². The normalized spacial score (nSPS) is 21.7. The van der Waals surface area contributed by atoms with Gasteiger partial charge in [-0.25, -0.2) is 4.79 Å². The van der Waals surface area contributed by atoms with Gasteiger partial charge in [-0.15, -0.1) is 0 Å². The third kappa shape index (κ3) is 2.90. The molecule has 4 heteroatoms. The van der Waals surface area contributed by atoms with E-state index in [1.807, 2.05) is 47.4 Å². The minimum absolute atomic E-state index is 0.0212. The van der Waals surface area contributed by atoms with Crippen molar-refractivity contribution in [2.75, 3.05) is 12.0 Å². The summed E-state index contributed by atoms with van der Waals surface area (Å²) in [6, 6.07) is 15.7. The maximum Gasteiger partial charge on any atom is 0.337 e. The zero-order valence-corrected chi connectivity index (χ0v) is 15.0. The van der Waals surface area contributed by atoms with Crippen LogP contribution >= 0.6 is 0 Å². The van der Waals surface area contributed by atoms with Gasteiger partial charge in [-0.3, -0.25) is 4.79 Å². The van der Waals surface area contributed by atoms with Crippen LogP contribution in [0.2, 0.25) is 0 Å². The van der Waals surface area contributed by atoms with Gasteiger partial charge in [0.1, 0.15) is 0 Å². The van der Waals surface area contributed by atoms with Gasteiger partial charge >= 0.3 is 5.97 Å². The van der Waals surface area contributed by atoms with Crippen LogP contribution in [0, 0.1) is 5.92 Å². The van der Waals surface area contributed by atoms with Crippen LogP contribution in [0.4, 0.5) is 5.69 Å². The van der Waals surface area contributed by atoms with Crippen molar-refractivity contribution in [2.24, 2.45) is 5.92 Å². The van der Waals surface area contributed by atoms with Gasteiger partial charge in [-0.2, -0.15) is 0 Å². The first-order valence-corrected chi connectivity index (χ1v) is 9.26. The molecule has 0 radical (unpaired) electrons. The maximum atomic E-state index is 13.2. The fourth-order valence-corrected chi connectivity index (χ4v) is 4.39. The summed E-state index contributed by atoms with van der Waals surface area (Å²) in [5, 5.41) is 0. The van der Waals surface area contributed by atoms with E-state index in [-0.39, 0.29) is 23.7 Å². The number of carbonyl (C=O) groups excluding carboxylic acids is 2. The van der Waals surface area contributed by atoms with E-state index in [1.165, 1.54) is 7.11 Å². The number of anilines is 1. The molecule has 4 nitrogen and oxygen atoms in total. The molecule has 1 fully saturated rings. The molecule has 0 aromatic heterocycles. The van der Waals surface area contributed by atoms with Crippen LogP contribution in [-0.2, 0) is 16.1 Å². The Balaban J connectivity index is 1.78. The highest BCUT2D eigenvalue weighted by atomic mass is 16.5. The number of benzene rings is 2. The smallest absolute Gasteiger partial charge is 0.337 e. The van der Waals surface area contributed by atoms with E-state index in [2.05, 4.69) is 0 Å². The van der Waals surface area contributed by atoms with Crippen LogP contribution in [0.5, 0.6) is 0 Å². The molecule has 2 aliphatic rings. The van der Waals surface area contributed by atoms with Crippen molar-refractivity contribution in [3.8, 4) is 0 Å². The highest BCUT2D eigenvalue weighted by Crippen LogP contribution is 2.47. The Morgan fingerprint density at radius 1 is 1.08 bits per heavy atom. The van der Waals surface area contributed by atoms with E-state index in [4.69, 9.17) is 4.74 Å². The van der Waals surface area contributed by atoms with Gasteiger partial charge < -0.3 is 9.64 Å². The molecule has 134 valence electrons. The number of carbonyl (C=O) groups is 2. The summed E-state index contributed by atoms with van der Waals surface area (Å²) in [7, 11) is 1.40. The van der Waals surface area contributed by atoms with E-state index in [0.717, 1.165) is 42.5 Å². The molecule has 26 heavy (non-hydrogen) atoms. The third-order valence-corrected chi connectivity index (χ3v) is 5.67. The maximum absolute atomic E-state index is 13.2. The van der Waals surface area contributed by atoms with Crippen LogP contribution < -0.4 is 4.90 Å². The monoisotopic (exact) mass is 349 g/mol. The fourth-order valence-electron chi connectivity index (χ4n) is 4.39. The van der Waals surface area contributed by atoms with Crippen LogP contribution in [0.15, 0.2) is 48.5 Å². The lowest BCUT2D eigenvalue weighted by Gasteiger charge is -2.42. The summed E-state index contributed by atoms with van der Waals surface area (Å²) in [6.45, 7) is 0.563. The predicted molar refractivity (Wildman–Crippen MR) is 100 cm³/mol. The molecule has 4 rings (SSSR count). The summed E-state index contributed by atoms with van der Waals surface area (Å²) < 4.78 is 4.89. The van der Waals surface area contributed by atoms with Crippen molar-refractivity contribution >= 4 is 17.6 Å². The van der Waals surface area contributed by atoms with Gasteiger partial charge in [0.15, 0.2) is 0 Å². The molecule has 0 spiro atoms. The number of hydrogen-bond acceptors (Lipinski definition) is 3. The summed E-state index contributed by atoms with van der Waals surface area (Å²) >= 11 is 0. The molecule has 2 unspecified atom stereocenters. The zero-order valence-electron chi connectivity index (χ0n) is 15.0. The highest BCUT2D eigenvalue weighted by molar-refractivity contribution is 6.00. The molecule has 0 saturated heterocycles. The average Bonchev–Trinajstić information content (AvgIpc) is 2.71. The molecule has 1 aliphatic carbocycles. The van der Waals surface area contributed by atoms with E-state index in [9.17, 15) is 9.59 Å². The lowest BCUT2D eigenvalue weighted by Crippen LogP contribution is -2.44. The Labute approximate surface area is 153 Å². The first-order chi connectivity index (χ1) is 12.7. The lowest BCUT2D eigenvalue weighted by atomic mass is 9.71. The standard InChI is InChI=1S/C22H23NO3/c1-26-22(25)16-11-12-20-19(13-16)17-9-5-6-10-18(17)21(24)23(20)14-15-7-3-2-4-8-15/h2-4,7-8,11-13,17-18H,5-6,9-10,14H2,1H3. The second-order valence-corrected chi connectivity index (χ2v) is 7.17. The molecule has 2 aromatic carbocycles. The molecule has 2 aromatic rings. The summed E-state index contributed by atoms with van der Waals surface area (Å²) in [6.07, 6.45) is 4.16. The van der Waals surface area contributed by atoms with Gasteiger partial charge in [-0.1, -0.05) is 43.2 Å². The molecule has 1 saturated carbocycles. The van der Waals surface area contributed by atoms with Gasteiger partial charge in [-0.05, 0) is 48.1 Å². The Bertz CT molecular complexity index is 831. The quantitative estimate of drug-likeness (QED) is 0.777. The molecule has 0 bridgehead atoms. The van der Waals surface area contributed by atoms with Crippen molar-refractivity contribution in [1.82, 2.24) is 0 Å². The number of hydrogen-bond donors (Lipinski definition) is 0. The minimum Gasteiger partial charge on any atom is -0.465 e. The fraction of sp³-hybridized carbons (Fsp3) is 0.364. The topological polar surface area (TPSA) is 46.6 Å². The Morgan fingerprint density at radius 3 is 2.54 bits per heavy atom. The van der Waals surface area contributed by atoms with Crippen LogP contribution in [0.3, 0.4) is 0 Å². The first-order valence-electron chi connectivity index (χ1n) is 9.26. The summed E-state index contributed by atoms with van der Waals surface area (Å²) in [4.78, 5) is 27.1. The highest BCUT2D eigenvalue weighted by Gasteiger charge is 2.41. The van der Waals surface area contributed by atoms with Gasteiger partial charge in [0.2, 0.25) is 5.91 Å². The summed E-state index contributed by atoms with van der Waals surface area (Å²) in [5.74, 6) is 0.124. The SMILES string of the molecule is COC(=O)c1ccc2c(c1)C1CCCCC1C(=O)N2Cc1ccccc1. The van der Waals surface area contributed by atoms with Crippen LogP contribution in [-0.4, -0.2) is 19.0 Å². The zero-order chi connectivity index (χ0) is 18.1. The molecular formula is C22H23NO3. The van der Waals surface area contributed by atoms with Gasteiger partial charge in [0.25, 0.3) is 0 Å². The lowest BCUT2D eigenvalue weighted by molar-refractivity contribution is -0.124. The first kappa shape index (κ1) is 16.8. The largest absolute Gasteiger partial charge is 0.465 e. The van der Waals surface area contributed by atoms with Gasteiger partial charge in [0.05, 0.1) is 19.2 Å². The Kier molecular flexibility index (Phi) is 4.49. The number of nitrogens with zero attached hydrogens (tertiary/aromatic N) is 1. The number of rotatable bonds is 3. The number of ether oxygens (including phenoxy) is 1. The van der Waals surface area contributed by atoms with E-state index < -0.39 is 0 Å². The second kappa shape index (κ2) is 6.94. The third-order valence-electron chi connectivity index (χ3n) is 5.67. The Morgan fingerprint density at radius 2 is 1.81 bits per heavy atom. The predicted octanol–water partition coefficient (Wildman–Crippen LogP) is 4.29. The van der Waals surface area contributed by atoms with Crippen LogP contribution in [0.1, 0.15) is 53.1 Å². The number of esters is 1. The second-order valence-electron chi connectivity index (χ2n) is 7.17. The van der Waals surface area contributed by atoms with Crippen molar-refractivity contribution < 1.29 is 14.3 Å². The molecule has 1 heterocycles. The van der Waals surface area contributed by atoms with Crippen molar-refractivity contribution in [3.63, 3.8) is 0 Å². The summed E-state index contributed by atoms with van der Waals surface area (Å²) in [5.41, 5.74) is 3.73. The number of fused-ring (bicyclic) bond motifs is 3. The molecule has 1 aliphatic heterocycles. The number of methoxy groups -OCH3 is 1. The van der Waals surface area contributed by atoms with E-state index in [1.54, 1.807) is 6.07 Å². The van der Waals surface area contributed by atoms with E-state index >= 15 is 0 Å². The minimum atomic E-state index is -0.327. The van der Waals surface area contributed by atoms with Crippen molar-refractivity contribution in [1.29, 1.82) is 0 Å². The average molecular weight is 349 g/mol. The molecule has 0 N–H and O–H groups in total.